The van der Waals surface area contributed by atoms with Gasteiger partial charge in [0.25, 0.3) is 0 Å². The third kappa shape index (κ3) is 4.70. The van der Waals surface area contributed by atoms with E-state index in [2.05, 4.69) is 13.8 Å². The average Bonchev–Trinajstić information content (AvgIpc) is 2.89. The first-order valence-electron chi connectivity index (χ1n) is 7.99. The maximum atomic E-state index is 12.4. The molecule has 1 fully saturated rings. The van der Waals surface area contributed by atoms with E-state index in [1.54, 1.807) is 4.90 Å². The number of carbonyl (C=O) groups is 2. The van der Waals surface area contributed by atoms with E-state index in [9.17, 15) is 14.7 Å². The van der Waals surface area contributed by atoms with Crippen LogP contribution in [0.1, 0.15) is 52.4 Å². The number of nitrogens with zero attached hydrogens (tertiary/aromatic N) is 1. The molecule has 1 N–H and O–H groups in total. The van der Waals surface area contributed by atoms with E-state index >= 15 is 0 Å². The highest BCUT2D eigenvalue weighted by Crippen LogP contribution is 2.32. The van der Waals surface area contributed by atoms with E-state index in [1.807, 2.05) is 0 Å². The Kier molecular flexibility index (Phi) is 7.15. The number of methoxy groups -OCH3 is 1. The number of likely N-dealkylation sites (tertiary alicyclic amines) is 1. The molecule has 1 rings (SSSR count). The molecule has 2 unspecified atom stereocenters. The van der Waals surface area contributed by atoms with Crippen LogP contribution in [0.3, 0.4) is 0 Å². The van der Waals surface area contributed by atoms with Crippen molar-refractivity contribution in [3.63, 3.8) is 0 Å². The van der Waals surface area contributed by atoms with Gasteiger partial charge in [0.15, 0.2) is 0 Å². The van der Waals surface area contributed by atoms with Gasteiger partial charge in [-0.1, -0.05) is 33.1 Å². The van der Waals surface area contributed by atoms with E-state index in [0.29, 0.717) is 25.3 Å². The van der Waals surface area contributed by atoms with Gasteiger partial charge in [-0.15, -0.1) is 0 Å². The smallest absolute Gasteiger partial charge is 0.313 e. The molecule has 1 amide bonds. The van der Waals surface area contributed by atoms with Crippen LogP contribution in [0.2, 0.25) is 0 Å². The number of carbonyl (C=O) groups excluding carboxylic acids is 1. The highest BCUT2D eigenvalue weighted by atomic mass is 16.5. The van der Waals surface area contributed by atoms with Gasteiger partial charge in [0, 0.05) is 26.6 Å². The summed E-state index contributed by atoms with van der Waals surface area (Å²) in [5.74, 6) is -0.352. The third-order valence-electron chi connectivity index (χ3n) is 4.59. The molecule has 2 atom stereocenters. The Labute approximate surface area is 127 Å². The fourth-order valence-corrected chi connectivity index (χ4v) is 3.04. The van der Waals surface area contributed by atoms with Crippen LogP contribution in [0.25, 0.3) is 0 Å². The van der Waals surface area contributed by atoms with E-state index in [4.69, 9.17) is 4.74 Å². The minimum Gasteiger partial charge on any atom is -0.481 e. The van der Waals surface area contributed by atoms with Crippen LogP contribution in [0, 0.1) is 11.3 Å². The Morgan fingerprint density at radius 3 is 2.62 bits per heavy atom. The highest BCUT2D eigenvalue weighted by molar-refractivity contribution is 5.81. The van der Waals surface area contributed by atoms with Crippen LogP contribution in [0.4, 0.5) is 0 Å². The number of carboxylic acids is 1. The van der Waals surface area contributed by atoms with Crippen molar-refractivity contribution in [1.29, 1.82) is 0 Å². The van der Waals surface area contributed by atoms with Gasteiger partial charge < -0.3 is 14.7 Å². The lowest BCUT2D eigenvalue weighted by Crippen LogP contribution is -2.40. The molecule has 0 bridgehead atoms. The molecule has 21 heavy (non-hydrogen) atoms. The number of amides is 1. The van der Waals surface area contributed by atoms with Gasteiger partial charge in [-0.05, 0) is 18.8 Å². The summed E-state index contributed by atoms with van der Waals surface area (Å²) in [5.41, 5.74) is -0.921. The summed E-state index contributed by atoms with van der Waals surface area (Å²) >= 11 is 0. The fraction of sp³-hybridized carbons (Fsp3) is 0.875. The molecule has 1 saturated heterocycles. The zero-order valence-electron chi connectivity index (χ0n) is 13.6. The normalized spacial score (nSPS) is 23.3. The van der Waals surface area contributed by atoms with Crippen molar-refractivity contribution in [2.45, 2.75) is 52.4 Å². The Morgan fingerprint density at radius 2 is 2.10 bits per heavy atom. The molecule has 0 spiro atoms. The SMILES string of the molecule is CCCCC(CC)CC(=O)N1CCC(COC)(C(=O)O)C1. The molecule has 122 valence electrons. The van der Waals surface area contributed by atoms with Crippen LogP contribution in [-0.4, -0.2) is 48.7 Å². The second kappa shape index (κ2) is 8.37. The largest absolute Gasteiger partial charge is 0.481 e. The monoisotopic (exact) mass is 299 g/mol. The molecular formula is C16H29NO4. The van der Waals surface area contributed by atoms with Crippen molar-refractivity contribution in [3.8, 4) is 0 Å². The van der Waals surface area contributed by atoms with Crippen molar-refractivity contribution >= 4 is 11.9 Å². The van der Waals surface area contributed by atoms with Crippen molar-refractivity contribution in [1.82, 2.24) is 4.90 Å². The van der Waals surface area contributed by atoms with Crippen LogP contribution in [0.15, 0.2) is 0 Å². The quantitative estimate of drug-likeness (QED) is 0.710. The lowest BCUT2D eigenvalue weighted by atomic mass is 9.88. The van der Waals surface area contributed by atoms with Gasteiger partial charge in [0.1, 0.15) is 5.41 Å². The molecule has 5 heteroatoms. The Balaban J connectivity index is 2.58. The molecule has 0 aliphatic carbocycles. The molecule has 5 nitrogen and oxygen atoms in total. The topological polar surface area (TPSA) is 66.8 Å². The van der Waals surface area contributed by atoms with Crippen molar-refractivity contribution < 1.29 is 19.4 Å². The van der Waals surface area contributed by atoms with Crippen LogP contribution >= 0.6 is 0 Å². The number of ether oxygens (including phenoxy) is 1. The summed E-state index contributed by atoms with van der Waals surface area (Å²) in [5, 5.41) is 9.42. The first-order chi connectivity index (χ1) is 9.99. The lowest BCUT2D eigenvalue weighted by Gasteiger charge is -2.25. The number of aliphatic carboxylic acids is 1. The van der Waals surface area contributed by atoms with E-state index in [-0.39, 0.29) is 19.1 Å². The fourth-order valence-electron chi connectivity index (χ4n) is 3.04. The molecule has 0 radical (unpaired) electrons. The first-order valence-corrected chi connectivity index (χ1v) is 7.99. The van der Waals surface area contributed by atoms with Crippen molar-refractivity contribution in [2.75, 3.05) is 26.8 Å². The van der Waals surface area contributed by atoms with Gasteiger partial charge in [-0.25, -0.2) is 0 Å². The van der Waals surface area contributed by atoms with Crippen LogP contribution in [0.5, 0.6) is 0 Å². The van der Waals surface area contributed by atoms with Crippen LogP contribution in [-0.2, 0) is 14.3 Å². The lowest BCUT2D eigenvalue weighted by molar-refractivity contribution is -0.151. The maximum Gasteiger partial charge on any atom is 0.313 e. The zero-order valence-corrected chi connectivity index (χ0v) is 13.6. The summed E-state index contributed by atoms with van der Waals surface area (Å²) in [4.78, 5) is 25.6. The van der Waals surface area contributed by atoms with E-state index in [1.165, 1.54) is 7.11 Å². The number of unbranched alkanes of at least 4 members (excludes halogenated alkanes) is 1. The standard InChI is InChI=1S/C16H29NO4/c1-4-6-7-13(5-2)10-14(18)17-9-8-16(11-17,12-21-3)15(19)20/h13H,4-12H2,1-3H3,(H,19,20). The molecule has 1 heterocycles. The number of rotatable bonds is 9. The second-order valence-corrected chi connectivity index (χ2v) is 6.20. The Morgan fingerprint density at radius 1 is 1.38 bits per heavy atom. The molecule has 0 aromatic carbocycles. The molecule has 0 saturated carbocycles. The van der Waals surface area contributed by atoms with E-state index in [0.717, 1.165) is 25.7 Å². The summed E-state index contributed by atoms with van der Waals surface area (Å²) in [6.07, 6.45) is 5.39. The number of hydrogen-bond acceptors (Lipinski definition) is 3. The first kappa shape index (κ1) is 18.0. The summed E-state index contributed by atoms with van der Waals surface area (Å²) < 4.78 is 5.06. The maximum absolute atomic E-state index is 12.4. The van der Waals surface area contributed by atoms with Gasteiger partial charge in [0.05, 0.1) is 6.61 Å². The van der Waals surface area contributed by atoms with Gasteiger partial charge in [0.2, 0.25) is 5.91 Å². The van der Waals surface area contributed by atoms with Gasteiger partial charge in [-0.2, -0.15) is 0 Å². The third-order valence-corrected chi connectivity index (χ3v) is 4.59. The molecular weight excluding hydrogens is 270 g/mol. The summed E-state index contributed by atoms with van der Waals surface area (Å²) in [7, 11) is 1.51. The predicted molar refractivity (Wildman–Crippen MR) is 81.1 cm³/mol. The minimum absolute atomic E-state index is 0.0946. The Bertz CT molecular complexity index is 358. The van der Waals surface area contributed by atoms with Crippen molar-refractivity contribution in [3.05, 3.63) is 0 Å². The van der Waals surface area contributed by atoms with Crippen LogP contribution < -0.4 is 0 Å². The number of hydrogen-bond donors (Lipinski definition) is 1. The predicted octanol–water partition coefficient (Wildman–Crippen LogP) is 2.54. The number of carboxylic acid groups (broad SMARTS) is 1. The van der Waals surface area contributed by atoms with Crippen molar-refractivity contribution in [2.24, 2.45) is 11.3 Å². The summed E-state index contributed by atoms with van der Waals surface area (Å²) in [6, 6.07) is 0. The average molecular weight is 299 g/mol. The van der Waals surface area contributed by atoms with E-state index < -0.39 is 11.4 Å². The molecule has 1 aliphatic heterocycles. The molecule has 1 aliphatic rings. The summed E-state index contributed by atoms with van der Waals surface area (Å²) in [6.45, 7) is 5.24. The molecule has 0 aromatic heterocycles. The zero-order chi connectivity index (χ0) is 15.9. The van der Waals surface area contributed by atoms with Gasteiger partial charge >= 0.3 is 5.97 Å². The molecule has 0 aromatic rings. The Hall–Kier alpha value is -1.10. The highest BCUT2D eigenvalue weighted by Gasteiger charge is 2.46. The van der Waals surface area contributed by atoms with Gasteiger partial charge in [-0.3, -0.25) is 9.59 Å². The minimum atomic E-state index is -0.921. The second-order valence-electron chi connectivity index (χ2n) is 6.20.